The molecule has 0 aliphatic rings. The molecule has 1 rings (SSSR count). The lowest BCUT2D eigenvalue weighted by Crippen LogP contribution is -2.24. The fourth-order valence-electron chi connectivity index (χ4n) is 1.39. The van der Waals surface area contributed by atoms with E-state index in [1.807, 2.05) is 0 Å². The third kappa shape index (κ3) is 2.79. The highest BCUT2D eigenvalue weighted by Crippen LogP contribution is 2.18. The maximum absolute atomic E-state index is 13.5. The molecule has 5 heteroatoms. The van der Waals surface area contributed by atoms with Gasteiger partial charge >= 0.3 is 5.97 Å². The third-order valence-corrected chi connectivity index (χ3v) is 2.13. The van der Waals surface area contributed by atoms with E-state index in [2.05, 4.69) is 5.32 Å². The SMILES string of the molecule is CC(=O)N[C@H](C)c1ccc(C(=O)O)cc1F. The average molecular weight is 225 g/mol. The number of carboxylic acids is 1. The minimum Gasteiger partial charge on any atom is -0.478 e. The van der Waals surface area contributed by atoms with Crippen molar-refractivity contribution >= 4 is 11.9 Å². The van der Waals surface area contributed by atoms with Crippen LogP contribution in [-0.2, 0) is 4.79 Å². The zero-order chi connectivity index (χ0) is 12.3. The maximum Gasteiger partial charge on any atom is 0.335 e. The molecule has 0 aromatic heterocycles. The Kier molecular flexibility index (Phi) is 3.60. The van der Waals surface area contributed by atoms with E-state index in [0.29, 0.717) is 0 Å². The van der Waals surface area contributed by atoms with Gasteiger partial charge in [-0.15, -0.1) is 0 Å². The molecule has 0 radical (unpaired) electrons. The van der Waals surface area contributed by atoms with Gasteiger partial charge in [-0.05, 0) is 19.1 Å². The van der Waals surface area contributed by atoms with Gasteiger partial charge in [0, 0.05) is 12.5 Å². The highest BCUT2D eigenvalue weighted by Gasteiger charge is 2.14. The summed E-state index contributed by atoms with van der Waals surface area (Å²) in [5.41, 5.74) is 0.150. The Labute approximate surface area is 92.1 Å². The second-order valence-corrected chi connectivity index (χ2v) is 3.46. The summed E-state index contributed by atoms with van der Waals surface area (Å²) in [6, 6.07) is 3.12. The molecule has 0 aliphatic carbocycles. The lowest BCUT2D eigenvalue weighted by molar-refractivity contribution is -0.119. The molecule has 0 spiro atoms. The predicted molar refractivity (Wildman–Crippen MR) is 55.6 cm³/mol. The van der Waals surface area contributed by atoms with Gasteiger partial charge in [0.05, 0.1) is 11.6 Å². The normalized spacial score (nSPS) is 11.9. The van der Waals surface area contributed by atoms with E-state index in [1.165, 1.54) is 19.1 Å². The van der Waals surface area contributed by atoms with Crippen molar-refractivity contribution in [2.75, 3.05) is 0 Å². The zero-order valence-corrected chi connectivity index (χ0v) is 8.95. The number of rotatable bonds is 3. The van der Waals surface area contributed by atoms with Crippen molar-refractivity contribution in [3.05, 3.63) is 35.1 Å². The molecule has 4 nitrogen and oxygen atoms in total. The van der Waals surface area contributed by atoms with Crippen LogP contribution in [-0.4, -0.2) is 17.0 Å². The van der Waals surface area contributed by atoms with E-state index in [-0.39, 0.29) is 17.0 Å². The highest BCUT2D eigenvalue weighted by molar-refractivity contribution is 5.87. The van der Waals surface area contributed by atoms with Gasteiger partial charge in [-0.2, -0.15) is 0 Å². The van der Waals surface area contributed by atoms with Crippen molar-refractivity contribution in [1.29, 1.82) is 0 Å². The summed E-state index contributed by atoms with van der Waals surface area (Å²) in [5.74, 6) is -2.09. The van der Waals surface area contributed by atoms with Crippen LogP contribution in [0.5, 0.6) is 0 Å². The zero-order valence-electron chi connectivity index (χ0n) is 8.95. The molecule has 0 unspecified atom stereocenters. The largest absolute Gasteiger partial charge is 0.478 e. The predicted octanol–water partition coefficient (Wildman–Crippen LogP) is 1.72. The number of carboxylic acid groups (broad SMARTS) is 1. The van der Waals surface area contributed by atoms with Crippen LogP contribution in [0.1, 0.15) is 35.8 Å². The van der Waals surface area contributed by atoms with Gasteiger partial charge in [0.2, 0.25) is 5.91 Å². The molecule has 16 heavy (non-hydrogen) atoms. The Hall–Kier alpha value is -1.91. The summed E-state index contributed by atoms with van der Waals surface area (Å²) in [5, 5.41) is 11.2. The first-order valence-corrected chi connectivity index (χ1v) is 4.71. The molecule has 0 fully saturated rings. The monoisotopic (exact) mass is 225 g/mol. The smallest absolute Gasteiger partial charge is 0.335 e. The molecule has 0 saturated carbocycles. The van der Waals surface area contributed by atoms with Crippen LogP contribution in [0.15, 0.2) is 18.2 Å². The molecule has 86 valence electrons. The third-order valence-electron chi connectivity index (χ3n) is 2.13. The summed E-state index contributed by atoms with van der Waals surface area (Å²) >= 11 is 0. The Balaban J connectivity index is 2.98. The van der Waals surface area contributed by atoms with Gasteiger partial charge in [-0.25, -0.2) is 9.18 Å². The van der Waals surface area contributed by atoms with Crippen molar-refractivity contribution < 1.29 is 19.1 Å². The first-order chi connectivity index (χ1) is 7.41. The molecule has 0 aliphatic heterocycles. The molecular formula is C11H12FNO3. The number of hydrogen-bond acceptors (Lipinski definition) is 2. The average Bonchev–Trinajstić information content (AvgIpc) is 2.15. The number of aromatic carboxylic acids is 1. The Morgan fingerprint density at radius 2 is 2.06 bits per heavy atom. The molecule has 1 aromatic carbocycles. The van der Waals surface area contributed by atoms with Gasteiger partial charge < -0.3 is 10.4 Å². The minimum absolute atomic E-state index is 0.115. The van der Waals surface area contributed by atoms with Gasteiger partial charge in [0.1, 0.15) is 5.82 Å². The molecule has 1 aromatic rings. The van der Waals surface area contributed by atoms with Crippen molar-refractivity contribution in [2.24, 2.45) is 0 Å². The Morgan fingerprint density at radius 3 is 2.50 bits per heavy atom. The fourth-order valence-corrected chi connectivity index (χ4v) is 1.39. The highest BCUT2D eigenvalue weighted by atomic mass is 19.1. The number of carbonyl (C=O) groups excluding carboxylic acids is 1. The van der Waals surface area contributed by atoms with Crippen molar-refractivity contribution in [3.63, 3.8) is 0 Å². The number of hydrogen-bond donors (Lipinski definition) is 2. The van der Waals surface area contributed by atoms with Crippen molar-refractivity contribution in [1.82, 2.24) is 5.32 Å². The van der Waals surface area contributed by atoms with E-state index in [9.17, 15) is 14.0 Å². The van der Waals surface area contributed by atoms with E-state index in [1.54, 1.807) is 6.92 Å². The Bertz CT molecular complexity index is 431. The van der Waals surface area contributed by atoms with Gasteiger partial charge in [-0.1, -0.05) is 6.07 Å². The number of carbonyl (C=O) groups is 2. The van der Waals surface area contributed by atoms with Gasteiger partial charge in [0.25, 0.3) is 0 Å². The number of benzene rings is 1. The summed E-state index contributed by atoms with van der Waals surface area (Å²) in [4.78, 5) is 21.4. The second kappa shape index (κ2) is 4.74. The van der Waals surface area contributed by atoms with Gasteiger partial charge in [-0.3, -0.25) is 4.79 Å². The molecule has 1 atom stereocenters. The van der Waals surface area contributed by atoms with E-state index in [0.717, 1.165) is 6.07 Å². The van der Waals surface area contributed by atoms with E-state index < -0.39 is 17.8 Å². The second-order valence-electron chi connectivity index (χ2n) is 3.46. The first kappa shape index (κ1) is 12.2. The first-order valence-electron chi connectivity index (χ1n) is 4.71. The maximum atomic E-state index is 13.5. The summed E-state index contributed by atoms with van der Waals surface area (Å²) < 4.78 is 13.5. The quantitative estimate of drug-likeness (QED) is 0.823. The van der Waals surface area contributed by atoms with Crippen LogP contribution in [0, 0.1) is 5.82 Å². The van der Waals surface area contributed by atoms with Crippen LogP contribution in [0.4, 0.5) is 4.39 Å². The molecule has 0 heterocycles. The lowest BCUT2D eigenvalue weighted by atomic mass is 10.1. The van der Waals surface area contributed by atoms with Gasteiger partial charge in [0.15, 0.2) is 0 Å². The van der Waals surface area contributed by atoms with E-state index >= 15 is 0 Å². The van der Waals surface area contributed by atoms with Crippen LogP contribution < -0.4 is 5.32 Å². The standard InChI is InChI=1S/C11H12FNO3/c1-6(13-7(2)14)9-4-3-8(11(15)16)5-10(9)12/h3-6H,1-2H3,(H,13,14)(H,15,16)/t6-/m1/s1. The van der Waals surface area contributed by atoms with Crippen molar-refractivity contribution in [3.8, 4) is 0 Å². The molecular weight excluding hydrogens is 213 g/mol. The van der Waals surface area contributed by atoms with Crippen LogP contribution >= 0.6 is 0 Å². The van der Waals surface area contributed by atoms with Crippen LogP contribution in [0.25, 0.3) is 0 Å². The molecule has 0 bridgehead atoms. The molecule has 0 saturated heterocycles. The lowest BCUT2D eigenvalue weighted by Gasteiger charge is -2.13. The minimum atomic E-state index is -1.18. The van der Waals surface area contributed by atoms with Crippen LogP contribution in [0.2, 0.25) is 0 Å². The number of halogens is 1. The Morgan fingerprint density at radius 1 is 1.44 bits per heavy atom. The molecule has 1 amide bonds. The fraction of sp³-hybridized carbons (Fsp3) is 0.273. The van der Waals surface area contributed by atoms with Crippen LogP contribution in [0.3, 0.4) is 0 Å². The number of amides is 1. The van der Waals surface area contributed by atoms with Crippen molar-refractivity contribution in [2.45, 2.75) is 19.9 Å². The number of nitrogens with one attached hydrogen (secondary N) is 1. The topological polar surface area (TPSA) is 66.4 Å². The summed E-state index contributed by atoms with van der Waals surface area (Å²) in [7, 11) is 0. The van der Waals surface area contributed by atoms with E-state index in [4.69, 9.17) is 5.11 Å². The summed E-state index contributed by atoms with van der Waals surface area (Å²) in [6.45, 7) is 2.96. The molecule has 2 N–H and O–H groups in total. The summed E-state index contributed by atoms with van der Waals surface area (Å²) in [6.07, 6.45) is 0.